The van der Waals surface area contributed by atoms with Gasteiger partial charge in [-0.15, -0.1) is 0 Å². The fourth-order valence-corrected chi connectivity index (χ4v) is 6.77. The first-order valence-electron chi connectivity index (χ1n) is 14.1. The fourth-order valence-electron chi connectivity index (χ4n) is 5.14. The summed E-state index contributed by atoms with van der Waals surface area (Å²) in [6, 6.07) is 17.1. The summed E-state index contributed by atoms with van der Waals surface area (Å²) < 4.78 is 40.4. The number of carbonyl (C=O) groups is 3. The summed E-state index contributed by atoms with van der Waals surface area (Å²) in [7, 11) is -4.27. The number of cyclic esters (lactones) is 1. The SMILES string of the molecule is Cc1ccc(OCCCN2C(C(C(=O)Nc3ccccc3C)N3C(=O)OC(C)(C)C3=O)=Nc3ccccc3S2(=O)=O)c(C)c1. The Kier molecular flexibility index (Phi) is 8.21. The second-order valence-electron chi connectivity index (χ2n) is 11.2. The normalized spacial score (nSPS) is 17.4. The van der Waals surface area contributed by atoms with E-state index in [1.807, 2.05) is 32.0 Å². The Balaban J connectivity index is 1.55. The molecule has 0 saturated carbocycles. The average molecular weight is 619 g/mol. The molecule has 3 aromatic carbocycles. The molecule has 2 aliphatic heterocycles. The summed E-state index contributed by atoms with van der Waals surface area (Å²) in [4.78, 5) is 45.9. The molecule has 0 bridgehead atoms. The maximum Gasteiger partial charge on any atom is 0.418 e. The van der Waals surface area contributed by atoms with Crippen LogP contribution in [0.5, 0.6) is 5.75 Å². The standard InChI is InChI=1S/C32H34N4O7S/c1-20-15-16-25(22(3)19-20)42-18-10-17-35-28(33-24-13-8-9-14-26(24)44(35,40)41)27(36-30(38)32(4,5)43-31(36)39)29(37)34-23-12-7-6-11-21(23)2/h6-9,11-16,19,27H,10,17-18H2,1-5H3,(H,34,37). The van der Waals surface area contributed by atoms with Gasteiger partial charge >= 0.3 is 6.09 Å². The second kappa shape index (κ2) is 11.8. The van der Waals surface area contributed by atoms with E-state index in [-0.39, 0.29) is 36.0 Å². The Bertz CT molecular complexity index is 1780. The van der Waals surface area contributed by atoms with Crippen LogP contribution in [0.25, 0.3) is 0 Å². The maximum atomic E-state index is 14.1. The Hall–Kier alpha value is -4.71. The number of nitrogens with zero attached hydrogens (tertiary/aromatic N) is 3. The molecule has 1 N–H and O–H groups in total. The van der Waals surface area contributed by atoms with Gasteiger partial charge in [-0.25, -0.2) is 23.1 Å². The lowest BCUT2D eigenvalue weighted by Crippen LogP contribution is -2.59. The Labute approximate surface area is 256 Å². The van der Waals surface area contributed by atoms with E-state index < -0.39 is 39.6 Å². The number of amides is 3. The predicted molar refractivity (Wildman–Crippen MR) is 164 cm³/mol. The number of imide groups is 1. The molecule has 1 fully saturated rings. The molecular weight excluding hydrogens is 584 g/mol. The lowest BCUT2D eigenvalue weighted by molar-refractivity contribution is -0.137. The third-order valence-corrected chi connectivity index (χ3v) is 9.30. The number of sulfonamides is 1. The van der Waals surface area contributed by atoms with Crippen molar-refractivity contribution in [1.29, 1.82) is 0 Å². The molecule has 1 unspecified atom stereocenters. The number of carbonyl (C=O) groups excluding carboxylic acids is 3. The molecule has 3 aromatic rings. The topological polar surface area (TPSA) is 135 Å². The van der Waals surface area contributed by atoms with Crippen molar-refractivity contribution in [1.82, 2.24) is 9.21 Å². The van der Waals surface area contributed by atoms with Gasteiger partial charge in [-0.1, -0.05) is 48.0 Å². The number of ether oxygens (including phenoxy) is 2. The van der Waals surface area contributed by atoms with E-state index in [2.05, 4.69) is 10.3 Å². The van der Waals surface area contributed by atoms with Crippen LogP contribution in [-0.4, -0.2) is 66.2 Å². The Morgan fingerprint density at radius 3 is 2.39 bits per heavy atom. The van der Waals surface area contributed by atoms with Crippen molar-refractivity contribution >= 4 is 45.1 Å². The first-order chi connectivity index (χ1) is 20.8. The van der Waals surface area contributed by atoms with Crippen LogP contribution >= 0.6 is 0 Å². The number of hydrogen-bond acceptors (Lipinski definition) is 8. The smallest absolute Gasteiger partial charge is 0.418 e. The molecule has 0 spiro atoms. The third kappa shape index (κ3) is 5.77. The van der Waals surface area contributed by atoms with Crippen LogP contribution in [0.1, 0.15) is 37.0 Å². The minimum absolute atomic E-state index is 0.0623. The number of aryl methyl sites for hydroxylation is 3. The summed E-state index contributed by atoms with van der Waals surface area (Å²) in [5.74, 6) is -1.26. The van der Waals surface area contributed by atoms with E-state index in [9.17, 15) is 22.8 Å². The molecule has 0 aliphatic carbocycles. The largest absolute Gasteiger partial charge is 0.493 e. The first-order valence-corrected chi connectivity index (χ1v) is 15.6. The number of nitrogens with one attached hydrogen (secondary N) is 1. The Morgan fingerprint density at radius 1 is 1.00 bits per heavy atom. The van der Waals surface area contributed by atoms with Crippen LogP contribution in [0.15, 0.2) is 76.6 Å². The predicted octanol–water partition coefficient (Wildman–Crippen LogP) is 4.88. The first kappa shape index (κ1) is 30.7. The minimum atomic E-state index is -4.27. The van der Waals surface area contributed by atoms with Crippen LogP contribution in [0.3, 0.4) is 0 Å². The summed E-state index contributed by atoms with van der Waals surface area (Å²) in [5, 5.41) is 2.76. The van der Waals surface area contributed by atoms with Gasteiger partial charge < -0.3 is 14.8 Å². The number of benzene rings is 3. The van der Waals surface area contributed by atoms with E-state index in [0.29, 0.717) is 16.3 Å². The van der Waals surface area contributed by atoms with Crippen molar-refractivity contribution < 1.29 is 32.3 Å². The van der Waals surface area contributed by atoms with E-state index in [4.69, 9.17) is 9.47 Å². The number of para-hydroxylation sites is 2. The highest BCUT2D eigenvalue weighted by Gasteiger charge is 2.55. The molecule has 1 atom stereocenters. The van der Waals surface area contributed by atoms with Gasteiger partial charge in [0.1, 0.15) is 10.6 Å². The number of fused-ring (bicyclic) bond motifs is 1. The van der Waals surface area contributed by atoms with E-state index in [1.54, 1.807) is 43.3 Å². The van der Waals surface area contributed by atoms with Crippen LogP contribution in [0.2, 0.25) is 0 Å². The Morgan fingerprint density at radius 2 is 1.70 bits per heavy atom. The molecule has 3 amide bonds. The van der Waals surface area contributed by atoms with Gasteiger partial charge in [-0.05, 0) is 70.0 Å². The molecule has 1 saturated heterocycles. The number of anilines is 1. The summed E-state index contributed by atoms with van der Waals surface area (Å²) >= 11 is 0. The molecule has 2 aliphatic rings. The summed E-state index contributed by atoms with van der Waals surface area (Å²) in [6.07, 6.45) is -0.869. The van der Waals surface area contributed by atoms with E-state index in [0.717, 1.165) is 21.0 Å². The van der Waals surface area contributed by atoms with Crippen molar-refractivity contribution in [2.45, 2.75) is 57.6 Å². The number of aliphatic imine (C=N–C) groups is 1. The molecular formula is C32H34N4O7S. The van der Waals surface area contributed by atoms with E-state index >= 15 is 0 Å². The minimum Gasteiger partial charge on any atom is -0.493 e. The quantitative estimate of drug-likeness (QED) is 0.338. The van der Waals surface area contributed by atoms with Crippen molar-refractivity contribution in [2.75, 3.05) is 18.5 Å². The monoisotopic (exact) mass is 618 g/mol. The molecule has 0 radical (unpaired) electrons. The van der Waals surface area contributed by atoms with Gasteiger partial charge in [0.25, 0.3) is 21.8 Å². The van der Waals surface area contributed by atoms with Gasteiger partial charge in [0.2, 0.25) is 0 Å². The van der Waals surface area contributed by atoms with Crippen molar-refractivity contribution in [3.8, 4) is 5.75 Å². The lowest BCUT2D eigenvalue weighted by atomic mass is 10.1. The zero-order valence-electron chi connectivity index (χ0n) is 25.2. The number of rotatable bonds is 9. The zero-order chi connectivity index (χ0) is 31.8. The third-order valence-electron chi connectivity index (χ3n) is 7.44. The van der Waals surface area contributed by atoms with Gasteiger partial charge in [0, 0.05) is 18.7 Å². The number of hydrogen-bond donors (Lipinski definition) is 1. The highest BCUT2D eigenvalue weighted by Crippen LogP contribution is 2.36. The molecule has 44 heavy (non-hydrogen) atoms. The molecule has 230 valence electrons. The molecule has 5 rings (SSSR count). The average Bonchev–Trinajstić information content (AvgIpc) is 3.16. The van der Waals surface area contributed by atoms with Gasteiger partial charge in [0.15, 0.2) is 17.5 Å². The van der Waals surface area contributed by atoms with Crippen LogP contribution in [-0.2, 0) is 24.3 Å². The van der Waals surface area contributed by atoms with Crippen LogP contribution in [0.4, 0.5) is 16.2 Å². The van der Waals surface area contributed by atoms with Gasteiger partial charge in [0.05, 0.1) is 12.3 Å². The van der Waals surface area contributed by atoms with Crippen LogP contribution < -0.4 is 10.1 Å². The van der Waals surface area contributed by atoms with Gasteiger partial charge in [-0.3, -0.25) is 13.9 Å². The van der Waals surface area contributed by atoms with Crippen molar-refractivity contribution in [3.63, 3.8) is 0 Å². The molecule has 12 heteroatoms. The highest BCUT2D eigenvalue weighted by atomic mass is 32.2. The molecule has 0 aromatic heterocycles. The van der Waals surface area contributed by atoms with Gasteiger partial charge in [-0.2, -0.15) is 0 Å². The summed E-state index contributed by atoms with van der Waals surface area (Å²) in [5.41, 5.74) is 1.68. The van der Waals surface area contributed by atoms with Crippen molar-refractivity contribution in [2.24, 2.45) is 4.99 Å². The maximum absolute atomic E-state index is 14.1. The number of amidine groups is 1. The molecule has 11 nitrogen and oxygen atoms in total. The fraction of sp³-hybridized carbons (Fsp3) is 0.312. The van der Waals surface area contributed by atoms with Crippen molar-refractivity contribution in [3.05, 3.63) is 83.4 Å². The second-order valence-corrected chi connectivity index (χ2v) is 13.1. The zero-order valence-corrected chi connectivity index (χ0v) is 26.0. The molecule has 2 heterocycles. The highest BCUT2D eigenvalue weighted by molar-refractivity contribution is 7.90. The summed E-state index contributed by atoms with van der Waals surface area (Å²) in [6.45, 7) is 8.50. The van der Waals surface area contributed by atoms with Crippen LogP contribution in [0, 0.1) is 20.8 Å². The van der Waals surface area contributed by atoms with E-state index in [1.165, 1.54) is 26.0 Å². The lowest BCUT2D eigenvalue weighted by Gasteiger charge is -2.35.